The van der Waals surface area contributed by atoms with Gasteiger partial charge in [0, 0.05) is 25.7 Å². The summed E-state index contributed by atoms with van der Waals surface area (Å²) in [5.74, 6) is 0.398. The molecule has 0 aromatic rings. The highest BCUT2D eigenvalue weighted by Crippen LogP contribution is 2.39. The van der Waals surface area contributed by atoms with Crippen LogP contribution in [0.25, 0.3) is 0 Å². The molecule has 2 aliphatic heterocycles. The van der Waals surface area contributed by atoms with E-state index in [0.717, 1.165) is 39.0 Å². The molecular formula is C16H28N2O4. The number of rotatable bonds is 4. The first-order chi connectivity index (χ1) is 10.4. The first-order valence-corrected chi connectivity index (χ1v) is 8.40. The lowest BCUT2D eigenvalue weighted by Gasteiger charge is -2.48. The zero-order valence-corrected chi connectivity index (χ0v) is 13.8. The van der Waals surface area contributed by atoms with Crippen molar-refractivity contribution < 1.29 is 19.0 Å². The van der Waals surface area contributed by atoms with E-state index in [1.54, 1.807) is 0 Å². The van der Waals surface area contributed by atoms with Gasteiger partial charge in [0.1, 0.15) is 5.60 Å². The van der Waals surface area contributed by atoms with Gasteiger partial charge in [0.2, 0.25) is 0 Å². The molecule has 0 aromatic heterocycles. The molecule has 1 aliphatic carbocycles. The molecule has 0 bridgehead atoms. The summed E-state index contributed by atoms with van der Waals surface area (Å²) in [6.07, 6.45) is 3.41. The van der Waals surface area contributed by atoms with E-state index < -0.39 is 5.60 Å². The van der Waals surface area contributed by atoms with Crippen LogP contribution in [0.5, 0.6) is 0 Å². The smallest absolute Gasteiger partial charge is 0.407 e. The molecule has 0 aromatic carbocycles. The molecule has 22 heavy (non-hydrogen) atoms. The Labute approximate surface area is 132 Å². The fourth-order valence-corrected chi connectivity index (χ4v) is 3.66. The average Bonchev–Trinajstić information content (AvgIpc) is 3.04. The molecule has 1 amide bonds. The van der Waals surface area contributed by atoms with Crippen LogP contribution in [0.1, 0.15) is 40.0 Å². The van der Waals surface area contributed by atoms with Gasteiger partial charge in [-0.25, -0.2) is 4.79 Å². The second-order valence-electron chi connectivity index (χ2n) is 7.53. The quantitative estimate of drug-likeness (QED) is 0.822. The van der Waals surface area contributed by atoms with Crippen LogP contribution in [0, 0.1) is 5.92 Å². The van der Waals surface area contributed by atoms with Crippen molar-refractivity contribution in [3.8, 4) is 0 Å². The van der Waals surface area contributed by atoms with E-state index in [-0.39, 0.29) is 24.3 Å². The Balaban J connectivity index is 1.52. The van der Waals surface area contributed by atoms with E-state index in [9.17, 15) is 4.79 Å². The van der Waals surface area contributed by atoms with Crippen LogP contribution >= 0.6 is 0 Å². The lowest BCUT2D eigenvalue weighted by Crippen LogP contribution is -2.70. The third-order valence-corrected chi connectivity index (χ3v) is 4.67. The van der Waals surface area contributed by atoms with Gasteiger partial charge in [-0.15, -0.1) is 0 Å². The highest BCUT2D eigenvalue weighted by atomic mass is 16.6. The Bertz CT molecular complexity index is 403. The summed E-state index contributed by atoms with van der Waals surface area (Å²) in [4.78, 5) is 12.0. The number of ether oxygens (including phenoxy) is 3. The van der Waals surface area contributed by atoms with Crippen molar-refractivity contribution >= 4 is 6.09 Å². The van der Waals surface area contributed by atoms with E-state index >= 15 is 0 Å². The Morgan fingerprint density at radius 2 is 2.00 bits per heavy atom. The molecule has 3 aliphatic rings. The van der Waals surface area contributed by atoms with Crippen LogP contribution < -0.4 is 10.6 Å². The van der Waals surface area contributed by atoms with Gasteiger partial charge in [-0.05, 0) is 40.0 Å². The molecule has 6 heteroatoms. The van der Waals surface area contributed by atoms with E-state index in [0.29, 0.717) is 12.0 Å². The molecule has 2 heterocycles. The predicted octanol–water partition coefficient (Wildman–Crippen LogP) is 1.44. The highest BCUT2D eigenvalue weighted by Gasteiger charge is 2.54. The van der Waals surface area contributed by atoms with Gasteiger partial charge in [-0.3, -0.25) is 0 Å². The van der Waals surface area contributed by atoms with Crippen molar-refractivity contribution in [2.24, 2.45) is 5.92 Å². The summed E-state index contributed by atoms with van der Waals surface area (Å²) in [6.45, 7) is 8.09. The average molecular weight is 312 g/mol. The Morgan fingerprint density at radius 3 is 2.68 bits per heavy atom. The standard InChI is InChI=1S/C16H28N2O4/c1-16(2,3)22-15(19)18-12-11-6-8-21-14(11)13(12)17-9-10-5-4-7-20-10/h10-14,17H,4-9H2,1-3H3,(H,18,19). The summed E-state index contributed by atoms with van der Waals surface area (Å²) < 4.78 is 16.8. The third kappa shape index (κ3) is 3.55. The Morgan fingerprint density at radius 1 is 1.18 bits per heavy atom. The lowest BCUT2D eigenvalue weighted by atomic mass is 9.71. The van der Waals surface area contributed by atoms with Gasteiger partial charge in [0.05, 0.1) is 24.3 Å². The lowest BCUT2D eigenvalue weighted by molar-refractivity contribution is -0.0376. The summed E-state index contributed by atoms with van der Waals surface area (Å²) >= 11 is 0. The second kappa shape index (κ2) is 6.34. The van der Waals surface area contributed by atoms with Gasteiger partial charge in [-0.2, -0.15) is 0 Å². The van der Waals surface area contributed by atoms with Crippen LogP contribution in [-0.4, -0.2) is 55.7 Å². The molecule has 5 unspecified atom stereocenters. The minimum Gasteiger partial charge on any atom is -0.444 e. The predicted molar refractivity (Wildman–Crippen MR) is 81.8 cm³/mol. The maximum atomic E-state index is 12.0. The van der Waals surface area contributed by atoms with Crippen molar-refractivity contribution in [1.82, 2.24) is 10.6 Å². The first kappa shape index (κ1) is 16.0. The molecule has 3 fully saturated rings. The number of alkyl carbamates (subject to hydrolysis) is 1. The summed E-state index contributed by atoms with van der Waals surface area (Å²) in [5.41, 5.74) is -0.472. The molecular weight excluding hydrogens is 284 g/mol. The van der Waals surface area contributed by atoms with Gasteiger partial charge in [0.15, 0.2) is 0 Å². The van der Waals surface area contributed by atoms with Gasteiger partial charge < -0.3 is 24.8 Å². The molecule has 6 nitrogen and oxygen atoms in total. The highest BCUT2D eigenvalue weighted by molar-refractivity contribution is 5.68. The number of hydrogen-bond acceptors (Lipinski definition) is 5. The molecule has 126 valence electrons. The molecule has 2 saturated heterocycles. The number of hydrogen-bond donors (Lipinski definition) is 2. The van der Waals surface area contributed by atoms with Gasteiger partial charge in [-0.1, -0.05) is 0 Å². The number of carbonyl (C=O) groups excluding carboxylic acids is 1. The maximum Gasteiger partial charge on any atom is 0.407 e. The molecule has 0 spiro atoms. The fourth-order valence-electron chi connectivity index (χ4n) is 3.66. The van der Waals surface area contributed by atoms with Crippen LogP contribution in [0.4, 0.5) is 4.79 Å². The van der Waals surface area contributed by atoms with Crippen molar-refractivity contribution in [2.45, 2.75) is 69.9 Å². The first-order valence-electron chi connectivity index (χ1n) is 8.40. The third-order valence-electron chi connectivity index (χ3n) is 4.67. The molecule has 3 rings (SSSR count). The zero-order valence-electron chi connectivity index (χ0n) is 13.8. The topological polar surface area (TPSA) is 68.8 Å². The molecule has 0 radical (unpaired) electrons. The van der Waals surface area contributed by atoms with Crippen molar-refractivity contribution in [1.29, 1.82) is 0 Å². The van der Waals surface area contributed by atoms with E-state index in [1.807, 2.05) is 20.8 Å². The fraction of sp³-hybridized carbons (Fsp3) is 0.938. The van der Waals surface area contributed by atoms with Gasteiger partial charge >= 0.3 is 6.09 Å². The molecule has 5 atom stereocenters. The van der Waals surface area contributed by atoms with Crippen LogP contribution in [0.3, 0.4) is 0 Å². The summed E-state index contributed by atoms with van der Waals surface area (Å²) in [5, 5.41) is 6.56. The molecule has 2 N–H and O–H groups in total. The summed E-state index contributed by atoms with van der Waals surface area (Å²) in [7, 11) is 0. The van der Waals surface area contributed by atoms with Crippen LogP contribution in [0.15, 0.2) is 0 Å². The minimum absolute atomic E-state index is 0.0868. The maximum absolute atomic E-state index is 12.0. The van der Waals surface area contributed by atoms with Gasteiger partial charge in [0.25, 0.3) is 0 Å². The van der Waals surface area contributed by atoms with E-state index in [4.69, 9.17) is 14.2 Å². The SMILES string of the molecule is CC(C)(C)OC(=O)NC1C2CCOC2C1NCC1CCCO1. The van der Waals surface area contributed by atoms with Crippen molar-refractivity contribution in [3.63, 3.8) is 0 Å². The van der Waals surface area contributed by atoms with Crippen molar-refractivity contribution in [2.75, 3.05) is 19.8 Å². The number of carbonyl (C=O) groups is 1. The number of amides is 1. The monoisotopic (exact) mass is 312 g/mol. The number of fused-ring (bicyclic) bond motifs is 1. The van der Waals surface area contributed by atoms with Crippen LogP contribution in [-0.2, 0) is 14.2 Å². The van der Waals surface area contributed by atoms with E-state index in [2.05, 4.69) is 10.6 Å². The molecule has 1 saturated carbocycles. The van der Waals surface area contributed by atoms with Crippen LogP contribution in [0.2, 0.25) is 0 Å². The zero-order chi connectivity index (χ0) is 15.7. The van der Waals surface area contributed by atoms with Crippen molar-refractivity contribution in [3.05, 3.63) is 0 Å². The second-order valence-corrected chi connectivity index (χ2v) is 7.53. The largest absolute Gasteiger partial charge is 0.444 e. The Kier molecular flexibility index (Phi) is 4.61. The minimum atomic E-state index is -0.472. The summed E-state index contributed by atoms with van der Waals surface area (Å²) in [6, 6.07) is 0.243. The Hall–Kier alpha value is -0.850. The normalized spacial score (nSPS) is 37.5. The van der Waals surface area contributed by atoms with E-state index in [1.165, 1.54) is 0 Å². The number of nitrogens with one attached hydrogen (secondary N) is 2.